The number of anilines is 2. The SMILES string of the molecule is O=S(=O)(O)c1ccc2c(N=Nc3ccccc3)ccc(N=Nc3ccc(Nc4ccccc4)c4c(S(=O)(=O)O)cccc34)c2c1.[Na].[Na]. The van der Waals surface area contributed by atoms with E-state index < -0.39 is 20.2 Å². The van der Waals surface area contributed by atoms with E-state index in [-0.39, 0.29) is 85.7 Å². The third-order valence-electron chi connectivity index (χ3n) is 6.84. The van der Waals surface area contributed by atoms with Crippen molar-refractivity contribution in [1.29, 1.82) is 0 Å². The van der Waals surface area contributed by atoms with E-state index in [1.165, 1.54) is 30.3 Å². The van der Waals surface area contributed by atoms with Gasteiger partial charge in [0.1, 0.15) is 4.90 Å². The molecule has 0 spiro atoms. The first-order valence-electron chi connectivity index (χ1n) is 13.4. The monoisotopic (exact) mass is 683 g/mol. The molecule has 47 heavy (non-hydrogen) atoms. The molecular weight excluding hydrogens is 660 g/mol. The standard InChI is InChI=1S/C32H23N5O6S2.2Na/c38-44(39,40)23-14-15-24-26(20-23)29(17-16-27(24)35-34-22-10-5-2-6-11-22)37-36-28-18-19-30(33-21-8-3-1-4-9-21)32-25(28)12-7-13-31(32)45(41,42)43;;/h1-20,33H,(H,38,39,40)(H,41,42,43);;. The molecule has 0 amide bonds. The van der Waals surface area contributed by atoms with Gasteiger partial charge >= 0.3 is 0 Å². The van der Waals surface area contributed by atoms with Crippen molar-refractivity contribution in [3.8, 4) is 0 Å². The zero-order valence-electron chi connectivity index (χ0n) is 25.2. The van der Waals surface area contributed by atoms with Gasteiger partial charge in [-0.1, -0.05) is 54.6 Å². The average Bonchev–Trinajstić information content (AvgIpc) is 3.03. The van der Waals surface area contributed by atoms with E-state index in [1.54, 1.807) is 42.5 Å². The van der Waals surface area contributed by atoms with Gasteiger partial charge in [-0.05, 0) is 66.7 Å². The predicted molar refractivity (Wildman–Crippen MR) is 184 cm³/mol. The largest absolute Gasteiger partial charge is 0.355 e. The third kappa shape index (κ3) is 8.39. The number of benzene rings is 6. The first-order chi connectivity index (χ1) is 21.6. The van der Waals surface area contributed by atoms with Crippen LogP contribution in [0.1, 0.15) is 0 Å². The molecule has 0 atom stereocenters. The molecule has 0 fully saturated rings. The van der Waals surface area contributed by atoms with Crippen molar-refractivity contribution in [2.45, 2.75) is 9.79 Å². The minimum absolute atomic E-state index is 0. The van der Waals surface area contributed by atoms with E-state index >= 15 is 0 Å². The molecule has 3 N–H and O–H groups in total. The Labute approximate surface area is 314 Å². The van der Waals surface area contributed by atoms with Crippen LogP contribution in [0.2, 0.25) is 0 Å². The molecule has 0 bridgehead atoms. The van der Waals surface area contributed by atoms with Gasteiger partial charge in [-0.25, -0.2) is 0 Å². The predicted octanol–water partition coefficient (Wildman–Crippen LogP) is 8.30. The second kappa shape index (κ2) is 15.3. The summed E-state index contributed by atoms with van der Waals surface area (Å²) in [5, 5.41) is 22.0. The van der Waals surface area contributed by atoms with Gasteiger partial charge in [0.15, 0.2) is 0 Å². The van der Waals surface area contributed by atoms with E-state index in [0.717, 1.165) is 0 Å². The quantitative estimate of drug-likeness (QED) is 0.0823. The van der Waals surface area contributed by atoms with Crippen LogP contribution in [0, 0.1) is 0 Å². The minimum atomic E-state index is -4.62. The maximum atomic E-state index is 12.4. The second-order valence-electron chi connectivity index (χ2n) is 9.80. The van der Waals surface area contributed by atoms with Gasteiger partial charge in [-0.2, -0.15) is 21.9 Å². The Hall–Kier alpha value is -3.34. The normalized spacial score (nSPS) is 11.9. The summed E-state index contributed by atoms with van der Waals surface area (Å²) in [6.07, 6.45) is 0. The fourth-order valence-corrected chi connectivity index (χ4v) is 6.02. The molecule has 0 aliphatic heterocycles. The molecule has 0 aromatic heterocycles. The van der Waals surface area contributed by atoms with Crippen molar-refractivity contribution in [2.75, 3.05) is 5.32 Å². The van der Waals surface area contributed by atoms with Gasteiger partial charge in [0.05, 0.1) is 27.6 Å². The smallest absolute Gasteiger partial charge is 0.295 e. The Morgan fingerprint density at radius 2 is 1.09 bits per heavy atom. The summed E-state index contributed by atoms with van der Waals surface area (Å²) in [6, 6.07) is 33.1. The zero-order valence-corrected chi connectivity index (χ0v) is 30.8. The summed E-state index contributed by atoms with van der Waals surface area (Å²) in [6.45, 7) is 0. The third-order valence-corrected chi connectivity index (χ3v) is 8.59. The van der Waals surface area contributed by atoms with E-state index in [2.05, 4.69) is 25.8 Å². The Balaban J connectivity index is 0.00000250. The van der Waals surface area contributed by atoms with Crippen molar-refractivity contribution in [3.05, 3.63) is 121 Å². The molecule has 0 saturated carbocycles. The molecule has 0 saturated heterocycles. The van der Waals surface area contributed by atoms with E-state index in [0.29, 0.717) is 38.9 Å². The van der Waals surface area contributed by atoms with Crippen LogP contribution in [0.3, 0.4) is 0 Å². The molecular formula is C32H23N5Na2O6S2. The van der Waals surface area contributed by atoms with Crippen molar-refractivity contribution < 1.29 is 25.9 Å². The van der Waals surface area contributed by atoms with Gasteiger partial charge in [0, 0.05) is 92.0 Å². The zero-order chi connectivity index (χ0) is 31.6. The fraction of sp³-hybridized carbons (Fsp3) is 0. The van der Waals surface area contributed by atoms with Crippen LogP contribution in [0.25, 0.3) is 21.5 Å². The van der Waals surface area contributed by atoms with Crippen LogP contribution in [-0.4, -0.2) is 85.1 Å². The summed E-state index contributed by atoms with van der Waals surface area (Å²) < 4.78 is 68.4. The van der Waals surface area contributed by atoms with Crippen molar-refractivity contribution in [3.63, 3.8) is 0 Å². The molecule has 0 aliphatic carbocycles. The van der Waals surface area contributed by atoms with E-state index in [9.17, 15) is 25.9 Å². The first kappa shape index (κ1) is 36.5. The maximum absolute atomic E-state index is 12.4. The van der Waals surface area contributed by atoms with Gasteiger partial charge in [-0.15, -0.1) is 15.3 Å². The Morgan fingerprint density at radius 1 is 0.511 bits per heavy atom. The summed E-state index contributed by atoms with van der Waals surface area (Å²) in [5.74, 6) is 0. The molecule has 6 rings (SSSR count). The van der Waals surface area contributed by atoms with E-state index in [1.807, 2.05) is 48.5 Å². The van der Waals surface area contributed by atoms with Crippen LogP contribution < -0.4 is 5.32 Å². The Kier molecular flexibility index (Phi) is 11.8. The molecule has 226 valence electrons. The van der Waals surface area contributed by atoms with Crippen LogP contribution >= 0.6 is 0 Å². The average molecular weight is 684 g/mol. The van der Waals surface area contributed by atoms with Crippen molar-refractivity contribution in [1.82, 2.24) is 0 Å². The van der Waals surface area contributed by atoms with Crippen molar-refractivity contribution >= 4 is 135 Å². The number of hydrogen-bond acceptors (Lipinski definition) is 9. The Morgan fingerprint density at radius 3 is 1.72 bits per heavy atom. The summed E-state index contributed by atoms with van der Waals surface area (Å²) in [7, 11) is -9.16. The van der Waals surface area contributed by atoms with Gasteiger partial charge in [0.2, 0.25) is 0 Å². The molecule has 15 heteroatoms. The first-order valence-corrected chi connectivity index (χ1v) is 16.2. The number of hydrogen-bond donors (Lipinski definition) is 3. The molecule has 2 radical (unpaired) electrons. The van der Waals surface area contributed by atoms with E-state index in [4.69, 9.17) is 0 Å². The van der Waals surface area contributed by atoms with Gasteiger partial charge in [0.25, 0.3) is 20.2 Å². The number of azo groups is 2. The maximum Gasteiger partial charge on any atom is 0.295 e. The topological polar surface area (TPSA) is 170 Å². The van der Waals surface area contributed by atoms with Crippen molar-refractivity contribution in [2.24, 2.45) is 20.5 Å². The summed E-state index contributed by atoms with van der Waals surface area (Å²) in [4.78, 5) is -0.657. The Bertz CT molecular complexity index is 2360. The van der Waals surface area contributed by atoms with Crippen LogP contribution in [-0.2, 0) is 20.2 Å². The molecule has 6 aromatic carbocycles. The summed E-state index contributed by atoms with van der Waals surface area (Å²) >= 11 is 0. The van der Waals surface area contributed by atoms with Gasteiger partial charge in [-0.3, -0.25) is 9.11 Å². The fourth-order valence-electron chi connectivity index (χ4n) is 4.79. The molecule has 11 nitrogen and oxygen atoms in total. The molecule has 0 aliphatic rings. The van der Waals surface area contributed by atoms with Gasteiger partial charge < -0.3 is 5.32 Å². The minimum Gasteiger partial charge on any atom is -0.355 e. The number of nitrogens with one attached hydrogen (secondary N) is 1. The molecule has 0 unspecified atom stereocenters. The number of nitrogens with zero attached hydrogens (tertiary/aromatic N) is 4. The number of rotatable bonds is 8. The molecule has 0 heterocycles. The molecule has 6 aromatic rings. The second-order valence-corrected chi connectivity index (χ2v) is 12.6. The van der Waals surface area contributed by atoms with Crippen LogP contribution in [0.15, 0.2) is 152 Å². The number of fused-ring (bicyclic) bond motifs is 2. The van der Waals surface area contributed by atoms with Crippen LogP contribution in [0.5, 0.6) is 0 Å². The number of para-hydroxylation sites is 1. The summed E-state index contributed by atoms with van der Waals surface area (Å²) in [5.41, 5.74) is 2.68. The van der Waals surface area contributed by atoms with Crippen LogP contribution in [0.4, 0.5) is 34.1 Å².